The van der Waals surface area contributed by atoms with Crippen molar-refractivity contribution in [2.75, 3.05) is 45.3 Å². The molecule has 9 nitrogen and oxygen atoms in total. The summed E-state index contributed by atoms with van der Waals surface area (Å²) in [7, 11) is 2.06. The second-order valence-electron chi connectivity index (χ2n) is 8.51. The van der Waals surface area contributed by atoms with E-state index in [1.54, 1.807) is 19.1 Å². The van der Waals surface area contributed by atoms with Crippen molar-refractivity contribution in [2.45, 2.75) is 13.8 Å². The molecule has 1 aliphatic rings. The number of anilines is 1. The number of rotatable bonds is 8. The molecule has 0 radical (unpaired) electrons. The zero-order chi connectivity index (χ0) is 25.7. The van der Waals surface area contributed by atoms with Crippen LogP contribution in [0.25, 0.3) is 17.0 Å². The van der Waals surface area contributed by atoms with E-state index in [1.165, 1.54) is 0 Å². The highest BCUT2D eigenvalue weighted by atomic mass is 19.1. The molecule has 1 aromatic carbocycles. The first kappa shape index (κ1) is 25.1. The van der Waals surface area contributed by atoms with Gasteiger partial charge in [-0.05, 0) is 39.8 Å². The van der Waals surface area contributed by atoms with Gasteiger partial charge < -0.3 is 24.8 Å². The maximum atomic E-state index is 14.9. The van der Waals surface area contributed by atoms with Gasteiger partial charge in [0.05, 0.1) is 11.2 Å². The van der Waals surface area contributed by atoms with E-state index in [1.807, 2.05) is 25.1 Å². The van der Waals surface area contributed by atoms with Crippen LogP contribution in [-0.4, -0.2) is 77.5 Å². The lowest BCUT2D eigenvalue weighted by atomic mass is 10.2. The first-order valence-corrected chi connectivity index (χ1v) is 11.6. The molecule has 0 amide bonds. The number of hydrogen-bond acceptors (Lipinski definition) is 6. The minimum atomic E-state index is -0.631. The summed E-state index contributed by atoms with van der Waals surface area (Å²) in [6.45, 7) is 10.3. The summed E-state index contributed by atoms with van der Waals surface area (Å²) in [4.78, 5) is 15.7. The first-order valence-electron chi connectivity index (χ1n) is 11.6. The lowest BCUT2D eigenvalue weighted by Gasteiger charge is -2.33. The molecule has 1 fully saturated rings. The van der Waals surface area contributed by atoms with Gasteiger partial charge >= 0.3 is 0 Å². The Labute approximate surface area is 208 Å². The van der Waals surface area contributed by atoms with Gasteiger partial charge in [0.15, 0.2) is 29.9 Å². The van der Waals surface area contributed by atoms with Gasteiger partial charge in [-0.3, -0.25) is 5.10 Å². The van der Waals surface area contributed by atoms with E-state index in [-0.39, 0.29) is 23.4 Å². The molecule has 36 heavy (non-hydrogen) atoms. The number of fused-ring (bicyclic) bond motifs is 1. The smallest absolute Gasteiger partial charge is 0.181 e. The number of nitrogens with one attached hydrogen (secondary N) is 3. The molecule has 2 aromatic heterocycles. The van der Waals surface area contributed by atoms with Crippen LogP contribution in [0.4, 0.5) is 14.6 Å². The second-order valence-corrected chi connectivity index (χ2v) is 8.51. The van der Waals surface area contributed by atoms with Crippen molar-refractivity contribution in [2.24, 2.45) is 9.98 Å². The zero-order valence-electron chi connectivity index (χ0n) is 20.6. The van der Waals surface area contributed by atoms with Gasteiger partial charge in [-0.1, -0.05) is 6.08 Å². The molecule has 4 rings (SSSR count). The summed E-state index contributed by atoms with van der Waals surface area (Å²) in [5.41, 5.74) is 1.62. The summed E-state index contributed by atoms with van der Waals surface area (Å²) in [6.07, 6.45) is 5.54. The van der Waals surface area contributed by atoms with Gasteiger partial charge in [-0.25, -0.2) is 18.8 Å². The Kier molecular flexibility index (Phi) is 7.79. The van der Waals surface area contributed by atoms with Crippen LogP contribution in [-0.2, 0) is 0 Å². The molecule has 0 saturated carbocycles. The Morgan fingerprint density at radius 1 is 1.25 bits per heavy atom. The molecule has 190 valence electrons. The van der Waals surface area contributed by atoms with Crippen LogP contribution in [0.5, 0.6) is 5.75 Å². The van der Waals surface area contributed by atoms with E-state index in [0.29, 0.717) is 23.2 Å². The van der Waals surface area contributed by atoms with Gasteiger partial charge in [0, 0.05) is 55.5 Å². The Balaban J connectivity index is 1.56. The number of nitrogens with zero attached hydrogens (tertiary/aromatic N) is 5. The van der Waals surface area contributed by atoms with Crippen LogP contribution in [0.1, 0.15) is 18.3 Å². The third-order valence-electron chi connectivity index (χ3n) is 5.81. The Morgan fingerprint density at radius 2 is 2.03 bits per heavy atom. The van der Waals surface area contributed by atoms with Gasteiger partial charge in [0.2, 0.25) is 0 Å². The summed E-state index contributed by atoms with van der Waals surface area (Å²) >= 11 is 0. The molecule has 3 N–H and O–H groups in total. The fraction of sp³-hybridized carbons (Fsp3) is 0.320. The largest absolute Gasteiger partial charge is 0.468 e. The fourth-order valence-corrected chi connectivity index (χ4v) is 3.92. The Bertz CT molecular complexity index is 1320. The summed E-state index contributed by atoms with van der Waals surface area (Å²) < 4.78 is 34.9. The van der Waals surface area contributed by atoms with Crippen molar-refractivity contribution in [3.63, 3.8) is 0 Å². The van der Waals surface area contributed by atoms with Crippen molar-refractivity contribution >= 4 is 35.3 Å². The van der Waals surface area contributed by atoms with Gasteiger partial charge in [0.25, 0.3) is 0 Å². The molecule has 3 heterocycles. The number of ether oxygens (including phenoxy) is 1. The molecular weight excluding hydrogens is 466 g/mol. The monoisotopic (exact) mass is 496 g/mol. The molecule has 1 saturated heterocycles. The highest BCUT2D eigenvalue weighted by Gasteiger charge is 2.18. The van der Waals surface area contributed by atoms with Crippen molar-refractivity contribution in [1.29, 1.82) is 0 Å². The number of halogens is 2. The number of aliphatic imine (C=N–C) groups is 2. The standard InChI is InChI=1S/C25H30F2N8O/c1-5-6-17-12-22(33-32-17)31-21(28-3)14-23(35-9-7-34(4)8-10-35)29-15-36-20-13-19(26)25-18(24(20)27)11-16(2)30-25/h5-6,11-14,30H,3,7-10,15H2,1-2,4H3,(H2,31,32,33)/b6-5+,21-14+,29-23+. The van der Waals surface area contributed by atoms with E-state index in [0.717, 1.165) is 37.9 Å². The highest BCUT2D eigenvalue weighted by molar-refractivity contribution is 5.94. The third kappa shape index (κ3) is 5.80. The highest BCUT2D eigenvalue weighted by Crippen LogP contribution is 2.29. The number of amidine groups is 1. The predicted octanol–water partition coefficient (Wildman–Crippen LogP) is 4.15. The van der Waals surface area contributed by atoms with E-state index in [9.17, 15) is 8.78 Å². The Hall–Kier alpha value is -3.99. The normalized spacial score (nSPS) is 15.8. The molecule has 3 aromatic rings. The lowest BCUT2D eigenvalue weighted by Crippen LogP contribution is -2.47. The van der Waals surface area contributed by atoms with Crippen molar-refractivity contribution < 1.29 is 13.5 Å². The van der Waals surface area contributed by atoms with Crippen LogP contribution in [0.2, 0.25) is 0 Å². The summed E-state index contributed by atoms with van der Waals surface area (Å²) in [6, 6.07) is 4.42. The predicted molar refractivity (Wildman–Crippen MR) is 140 cm³/mol. The first-order chi connectivity index (χ1) is 17.4. The Morgan fingerprint density at radius 3 is 2.75 bits per heavy atom. The third-order valence-corrected chi connectivity index (χ3v) is 5.81. The van der Waals surface area contributed by atoms with Crippen molar-refractivity contribution in [3.05, 3.63) is 59.2 Å². The molecule has 0 atom stereocenters. The summed E-state index contributed by atoms with van der Waals surface area (Å²) in [5.74, 6) is 0.180. The average Bonchev–Trinajstić information content (AvgIpc) is 3.48. The van der Waals surface area contributed by atoms with Crippen LogP contribution in [0.15, 0.2) is 46.2 Å². The molecule has 0 aliphatic carbocycles. The van der Waals surface area contributed by atoms with Crippen LogP contribution in [0, 0.1) is 18.6 Å². The number of aromatic amines is 2. The number of allylic oxidation sites excluding steroid dienone is 1. The van der Waals surface area contributed by atoms with Crippen molar-refractivity contribution in [3.8, 4) is 5.75 Å². The number of aromatic nitrogens is 3. The quantitative estimate of drug-likeness (QED) is 0.322. The number of aryl methyl sites for hydroxylation is 1. The maximum Gasteiger partial charge on any atom is 0.181 e. The molecule has 1 aliphatic heterocycles. The number of piperazine rings is 1. The lowest BCUT2D eigenvalue weighted by molar-refractivity contribution is 0.214. The van der Waals surface area contributed by atoms with Crippen molar-refractivity contribution in [1.82, 2.24) is 25.0 Å². The van der Waals surface area contributed by atoms with Crippen LogP contribution >= 0.6 is 0 Å². The zero-order valence-corrected chi connectivity index (χ0v) is 20.6. The van der Waals surface area contributed by atoms with Crippen LogP contribution < -0.4 is 10.1 Å². The number of hydrogen-bond donors (Lipinski definition) is 3. The minimum Gasteiger partial charge on any atom is -0.468 e. The number of likely N-dealkylation sites (N-methyl/N-ethyl adjacent to an activating group) is 1. The van der Waals surface area contributed by atoms with E-state index < -0.39 is 11.6 Å². The maximum absolute atomic E-state index is 14.9. The molecule has 11 heteroatoms. The van der Waals surface area contributed by atoms with E-state index in [2.05, 4.69) is 54.0 Å². The van der Waals surface area contributed by atoms with Gasteiger partial charge in [-0.15, -0.1) is 0 Å². The summed E-state index contributed by atoms with van der Waals surface area (Å²) in [5, 5.41) is 10.4. The van der Waals surface area contributed by atoms with Gasteiger partial charge in [-0.2, -0.15) is 5.10 Å². The van der Waals surface area contributed by atoms with E-state index >= 15 is 0 Å². The molecule has 0 spiro atoms. The minimum absolute atomic E-state index is 0.116. The number of benzene rings is 1. The SMILES string of the molecule is C=N/C(=C\C(=N/COc1cc(F)c2[nH]c(C)cc2c1F)N1CCN(C)CC1)Nc1cc(/C=C/C)[nH]n1. The molecule has 0 bridgehead atoms. The van der Waals surface area contributed by atoms with Crippen LogP contribution in [0.3, 0.4) is 0 Å². The van der Waals surface area contributed by atoms with E-state index in [4.69, 9.17) is 4.74 Å². The average molecular weight is 497 g/mol. The molecular formula is C25H30F2N8O. The van der Waals surface area contributed by atoms with Gasteiger partial charge in [0.1, 0.15) is 11.7 Å². The molecule has 0 unspecified atom stereocenters. The topological polar surface area (TPSA) is 96.9 Å². The second kappa shape index (κ2) is 11.2. The number of H-pyrrole nitrogens is 2. The fourth-order valence-electron chi connectivity index (χ4n) is 3.92.